The van der Waals surface area contributed by atoms with E-state index >= 15 is 0 Å². The second-order valence-electron chi connectivity index (χ2n) is 7.35. The predicted octanol–water partition coefficient (Wildman–Crippen LogP) is 3.03. The van der Waals surface area contributed by atoms with Crippen LogP contribution in [0.1, 0.15) is 13.3 Å². The quantitative estimate of drug-likeness (QED) is 0.591. The highest BCUT2D eigenvalue weighted by Gasteiger charge is 2.24. The molecule has 158 valence electrons. The van der Waals surface area contributed by atoms with Crippen LogP contribution in [-0.2, 0) is 9.53 Å². The normalized spacial score (nSPS) is 15.8. The maximum atomic E-state index is 12.6. The van der Waals surface area contributed by atoms with Crippen molar-refractivity contribution in [3.8, 4) is 0 Å². The van der Waals surface area contributed by atoms with Crippen LogP contribution in [0.15, 0.2) is 41.0 Å². The summed E-state index contributed by atoms with van der Waals surface area (Å²) in [7, 11) is 1.31. The van der Waals surface area contributed by atoms with Crippen LogP contribution in [-0.4, -0.2) is 65.6 Å². The molecule has 8 nitrogen and oxygen atoms in total. The highest BCUT2D eigenvalue weighted by Crippen LogP contribution is 2.27. The number of anilines is 1. The van der Waals surface area contributed by atoms with E-state index in [4.69, 9.17) is 4.98 Å². The molecule has 1 aliphatic rings. The van der Waals surface area contributed by atoms with Gasteiger partial charge in [0.05, 0.1) is 23.7 Å². The number of carbonyl (C=O) groups excluding carboxylic acids is 2. The number of urea groups is 1. The molecule has 0 spiro atoms. The second kappa shape index (κ2) is 8.51. The van der Waals surface area contributed by atoms with E-state index in [1.807, 2.05) is 24.4 Å². The van der Waals surface area contributed by atoms with Gasteiger partial charge < -0.3 is 24.3 Å². The standard InChI is InChI=1S/C21H24BrN5O3/c1-14(20(28)30-2)23-21(29)26-9-4-8-25(11-12-26)19-18-5-3-10-27(18)17-7-6-15(22)13-16(17)24-19/h3,5-7,10,13-14H,4,8-9,11-12H2,1-2H3,(H,23,29)/t14-/m1/s1. The van der Waals surface area contributed by atoms with E-state index in [1.54, 1.807) is 11.8 Å². The molecular weight excluding hydrogens is 450 g/mol. The average Bonchev–Trinajstić information content (AvgIpc) is 3.10. The van der Waals surface area contributed by atoms with Crippen molar-refractivity contribution < 1.29 is 14.3 Å². The number of nitrogens with one attached hydrogen (secondary N) is 1. The Hall–Kier alpha value is -2.81. The Morgan fingerprint density at radius 3 is 2.80 bits per heavy atom. The lowest BCUT2D eigenvalue weighted by Crippen LogP contribution is -2.48. The molecule has 1 fully saturated rings. The summed E-state index contributed by atoms with van der Waals surface area (Å²) in [6.45, 7) is 4.24. The number of esters is 1. The fraction of sp³-hybridized carbons (Fsp3) is 0.381. The van der Waals surface area contributed by atoms with Crippen molar-refractivity contribution >= 4 is 50.3 Å². The minimum absolute atomic E-state index is 0.252. The Kier molecular flexibility index (Phi) is 5.80. The summed E-state index contributed by atoms with van der Waals surface area (Å²) in [5, 5.41) is 2.71. The summed E-state index contributed by atoms with van der Waals surface area (Å²) >= 11 is 3.53. The number of amides is 2. The fourth-order valence-electron chi connectivity index (χ4n) is 3.81. The third-order valence-corrected chi connectivity index (χ3v) is 5.87. The predicted molar refractivity (Wildman–Crippen MR) is 119 cm³/mol. The molecule has 0 aliphatic carbocycles. The SMILES string of the molecule is COC(=O)[C@@H](C)NC(=O)N1CCCN(c2nc3cc(Br)ccc3n3cccc23)CC1. The monoisotopic (exact) mass is 473 g/mol. The molecule has 0 unspecified atom stereocenters. The molecule has 2 aromatic heterocycles. The molecule has 1 aliphatic heterocycles. The van der Waals surface area contributed by atoms with Gasteiger partial charge in [0.25, 0.3) is 0 Å². The highest BCUT2D eigenvalue weighted by molar-refractivity contribution is 9.10. The van der Waals surface area contributed by atoms with E-state index in [2.05, 4.69) is 47.4 Å². The molecule has 1 saturated heterocycles. The number of benzene rings is 1. The number of ether oxygens (including phenoxy) is 1. The third-order valence-electron chi connectivity index (χ3n) is 5.38. The summed E-state index contributed by atoms with van der Waals surface area (Å²) in [6, 6.07) is 9.25. The summed E-state index contributed by atoms with van der Waals surface area (Å²) in [5.41, 5.74) is 3.01. The zero-order chi connectivity index (χ0) is 21.3. The summed E-state index contributed by atoms with van der Waals surface area (Å²) < 4.78 is 7.82. The number of methoxy groups -OCH3 is 1. The van der Waals surface area contributed by atoms with Gasteiger partial charge in [-0.05, 0) is 43.7 Å². The van der Waals surface area contributed by atoms with E-state index in [1.165, 1.54) is 7.11 Å². The zero-order valence-corrected chi connectivity index (χ0v) is 18.6. The molecule has 0 saturated carbocycles. The first-order chi connectivity index (χ1) is 14.5. The van der Waals surface area contributed by atoms with Gasteiger partial charge in [0, 0.05) is 36.8 Å². The van der Waals surface area contributed by atoms with Crippen LogP contribution in [0.2, 0.25) is 0 Å². The average molecular weight is 474 g/mol. The van der Waals surface area contributed by atoms with Crippen LogP contribution in [0.25, 0.3) is 16.6 Å². The van der Waals surface area contributed by atoms with Gasteiger partial charge in [0.1, 0.15) is 6.04 Å². The van der Waals surface area contributed by atoms with Crippen molar-refractivity contribution in [1.82, 2.24) is 19.6 Å². The van der Waals surface area contributed by atoms with Crippen LogP contribution in [0.4, 0.5) is 10.6 Å². The number of rotatable bonds is 3. The van der Waals surface area contributed by atoms with Gasteiger partial charge in [-0.25, -0.2) is 14.6 Å². The molecule has 0 radical (unpaired) electrons. The van der Waals surface area contributed by atoms with Crippen LogP contribution >= 0.6 is 15.9 Å². The Labute approximate surface area is 182 Å². The molecular formula is C21H24BrN5O3. The van der Waals surface area contributed by atoms with Crippen molar-refractivity contribution in [1.29, 1.82) is 0 Å². The lowest BCUT2D eigenvalue weighted by atomic mass is 10.3. The van der Waals surface area contributed by atoms with Gasteiger partial charge in [0.2, 0.25) is 0 Å². The van der Waals surface area contributed by atoms with Gasteiger partial charge in [-0.1, -0.05) is 15.9 Å². The first kappa shape index (κ1) is 20.5. The van der Waals surface area contributed by atoms with E-state index in [0.717, 1.165) is 39.8 Å². The van der Waals surface area contributed by atoms with Gasteiger partial charge in [-0.15, -0.1) is 0 Å². The molecule has 1 N–H and O–H groups in total. The number of hydrogen-bond donors (Lipinski definition) is 1. The number of nitrogens with zero attached hydrogens (tertiary/aromatic N) is 4. The summed E-state index contributed by atoms with van der Waals surface area (Å²) in [6.07, 6.45) is 2.85. The minimum Gasteiger partial charge on any atom is -0.467 e. The van der Waals surface area contributed by atoms with Gasteiger partial charge in [-0.2, -0.15) is 0 Å². The van der Waals surface area contributed by atoms with E-state index in [0.29, 0.717) is 19.6 Å². The number of fused-ring (bicyclic) bond motifs is 3. The molecule has 9 heteroatoms. The Balaban J connectivity index is 1.56. The molecule has 2 amide bonds. The van der Waals surface area contributed by atoms with Crippen LogP contribution < -0.4 is 10.2 Å². The Morgan fingerprint density at radius 2 is 2.00 bits per heavy atom. The maximum absolute atomic E-state index is 12.6. The topological polar surface area (TPSA) is 79.2 Å². The molecule has 1 atom stereocenters. The van der Waals surface area contributed by atoms with E-state index < -0.39 is 12.0 Å². The molecule has 3 aromatic rings. The number of hydrogen-bond acceptors (Lipinski definition) is 5. The molecule has 0 bridgehead atoms. The molecule has 4 rings (SSSR count). The van der Waals surface area contributed by atoms with Crippen LogP contribution in [0, 0.1) is 0 Å². The maximum Gasteiger partial charge on any atom is 0.328 e. The van der Waals surface area contributed by atoms with E-state index in [9.17, 15) is 9.59 Å². The van der Waals surface area contributed by atoms with Crippen molar-refractivity contribution in [3.05, 3.63) is 41.0 Å². The molecule has 1 aromatic carbocycles. The van der Waals surface area contributed by atoms with Crippen molar-refractivity contribution in [3.63, 3.8) is 0 Å². The number of halogens is 1. The smallest absolute Gasteiger partial charge is 0.328 e. The lowest BCUT2D eigenvalue weighted by Gasteiger charge is -2.25. The third kappa shape index (κ3) is 3.94. The van der Waals surface area contributed by atoms with Gasteiger partial charge in [-0.3, -0.25) is 0 Å². The van der Waals surface area contributed by atoms with E-state index in [-0.39, 0.29) is 6.03 Å². The van der Waals surface area contributed by atoms with Crippen LogP contribution in [0.5, 0.6) is 0 Å². The Bertz CT molecular complexity index is 1100. The van der Waals surface area contributed by atoms with Crippen molar-refractivity contribution in [2.24, 2.45) is 0 Å². The second-order valence-corrected chi connectivity index (χ2v) is 8.27. The first-order valence-corrected chi connectivity index (χ1v) is 10.7. The zero-order valence-electron chi connectivity index (χ0n) is 17.0. The molecule has 30 heavy (non-hydrogen) atoms. The number of carbonyl (C=O) groups is 2. The molecule has 3 heterocycles. The minimum atomic E-state index is -0.678. The largest absolute Gasteiger partial charge is 0.467 e. The first-order valence-electron chi connectivity index (χ1n) is 9.92. The fourth-order valence-corrected chi connectivity index (χ4v) is 4.16. The summed E-state index contributed by atoms with van der Waals surface area (Å²) in [5.74, 6) is 0.456. The van der Waals surface area contributed by atoms with Gasteiger partial charge >= 0.3 is 12.0 Å². The van der Waals surface area contributed by atoms with Gasteiger partial charge in [0.15, 0.2) is 5.82 Å². The number of aromatic nitrogens is 2. The van der Waals surface area contributed by atoms with Crippen molar-refractivity contribution in [2.45, 2.75) is 19.4 Å². The Morgan fingerprint density at radius 1 is 1.17 bits per heavy atom. The summed E-state index contributed by atoms with van der Waals surface area (Å²) in [4.78, 5) is 33.1. The van der Waals surface area contributed by atoms with Crippen molar-refractivity contribution in [2.75, 3.05) is 38.2 Å². The van der Waals surface area contributed by atoms with Crippen LogP contribution in [0.3, 0.4) is 0 Å². The lowest BCUT2D eigenvalue weighted by molar-refractivity contribution is -0.142. The highest BCUT2D eigenvalue weighted by atomic mass is 79.9.